The van der Waals surface area contributed by atoms with Crippen LogP contribution in [0.15, 0.2) is 41.2 Å². The molecule has 0 bridgehead atoms. The lowest BCUT2D eigenvalue weighted by Crippen LogP contribution is -2.47. The summed E-state index contributed by atoms with van der Waals surface area (Å²) in [5.41, 5.74) is 3.67. The third kappa shape index (κ3) is 4.62. The fourth-order valence-corrected chi connectivity index (χ4v) is 5.09. The van der Waals surface area contributed by atoms with Gasteiger partial charge in [-0.1, -0.05) is 41.7 Å². The Morgan fingerprint density at radius 2 is 1.97 bits per heavy atom. The summed E-state index contributed by atoms with van der Waals surface area (Å²) in [6.07, 6.45) is 3.21. The van der Waals surface area contributed by atoms with E-state index in [1.165, 1.54) is 27.7 Å². The van der Waals surface area contributed by atoms with E-state index < -0.39 is 5.56 Å². The molecule has 2 aromatic rings. The standard InChI is InChI=1S/C25H26N6O3S/c1-16-12-19(17(2)30(16)15-18-6-4-3-5-7-18)13-20-23(26)31-25(27-24(20)33)35-21(28-31)14-22(32)29-8-10-34-11-9-29/h3-7,12-14,26,28H,8-11,15H2,1-2H3/b20-13+,21-14+,26-23?. The van der Waals surface area contributed by atoms with E-state index in [1.807, 2.05) is 38.1 Å². The Kier molecular flexibility index (Phi) is 6.23. The molecule has 180 valence electrons. The SMILES string of the molecule is Cc1cc(/C=c2/c(=O)nc3s/c(=C/C(=O)N4CCOCC4)[nH]n-3c2=N)c(C)n1Cc1ccccc1. The number of aryl methyl sites for hydroxylation is 1. The Labute approximate surface area is 205 Å². The van der Waals surface area contributed by atoms with Crippen LogP contribution >= 0.6 is 11.3 Å². The normalized spacial score (nSPS) is 15.3. The summed E-state index contributed by atoms with van der Waals surface area (Å²) < 4.78 is 9.46. The summed E-state index contributed by atoms with van der Waals surface area (Å²) >= 11 is 1.17. The van der Waals surface area contributed by atoms with Crippen LogP contribution in [0.1, 0.15) is 22.5 Å². The number of rotatable bonds is 4. The number of hydrogen-bond acceptors (Lipinski definition) is 6. The van der Waals surface area contributed by atoms with E-state index in [1.54, 1.807) is 11.0 Å². The Balaban J connectivity index is 1.54. The van der Waals surface area contributed by atoms with Crippen LogP contribution in [0.5, 0.6) is 0 Å². The maximum atomic E-state index is 12.8. The molecule has 0 spiro atoms. The average molecular weight is 491 g/mol. The highest BCUT2D eigenvalue weighted by Crippen LogP contribution is 2.17. The van der Waals surface area contributed by atoms with Crippen LogP contribution in [-0.4, -0.2) is 56.4 Å². The molecule has 1 aromatic carbocycles. The van der Waals surface area contributed by atoms with E-state index in [0.717, 1.165) is 23.5 Å². The van der Waals surface area contributed by atoms with Crippen molar-refractivity contribution in [2.24, 2.45) is 0 Å². The number of morpholine rings is 1. The van der Waals surface area contributed by atoms with E-state index in [2.05, 4.69) is 26.8 Å². The zero-order chi connectivity index (χ0) is 24.5. The number of aromatic nitrogens is 4. The number of aromatic amines is 1. The second-order valence-corrected chi connectivity index (χ2v) is 9.51. The number of H-pyrrole nitrogens is 1. The number of carbonyl (C=O) groups excluding carboxylic acids is 1. The van der Waals surface area contributed by atoms with Gasteiger partial charge < -0.3 is 14.2 Å². The molecule has 35 heavy (non-hydrogen) atoms. The maximum Gasteiger partial charge on any atom is 0.283 e. The molecule has 0 aliphatic carbocycles. The number of benzene rings is 1. The lowest BCUT2D eigenvalue weighted by molar-refractivity contribution is -0.128. The minimum absolute atomic E-state index is 0.00239. The smallest absolute Gasteiger partial charge is 0.283 e. The number of amides is 1. The van der Waals surface area contributed by atoms with Gasteiger partial charge in [-0.3, -0.25) is 20.1 Å². The molecular formula is C25H26N6O3S. The summed E-state index contributed by atoms with van der Waals surface area (Å²) in [7, 11) is 0. The predicted octanol–water partition coefficient (Wildman–Crippen LogP) is 0.474. The fraction of sp³-hybridized carbons (Fsp3) is 0.280. The van der Waals surface area contributed by atoms with Crippen molar-refractivity contribution in [1.82, 2.24) is 24.2 Å². The molecule has 9 nitrogen and oxygen atoms in total. The van der Waals surface area contributed by atoms with Gasteiger partial charge in [-0.05, 0) is 37.1 Å². The molecule has 5 rings (SSSR count). The summed E-state index contributed by atoms with van der Waals surface area (Å²) in [5.74, 6) is -0.136. The maximum absolute atomic E-state index is 12.8. The van der Waals surface area contributed by atoms with Gasteiger partial charge in [0.2, 0.25) is 11.0 Å². The first-order valence-corrected chi connectivity index (χ1v) is 12.2. The van der Waals surface area contributed by atoms with Gasteiger partial charge in [-0.15, -0.1) is 0 Å². The summed E-state index contributed by atoms with van der Waals surface area (Å²) in [5, 5.41) is 12.2. The average Bonchev–Trinajstić information content (AvgIpc) is 3.38. The fourth-order valence-electron chi connectivity index (χ4n) is 4.24. The third-order valence-electron chi connectivity index (χ3n) is 6.19. The number of nitrogens with one attached hydrogen (secondary N) is 2. The van der Waals surface area contributed by atoms with Crippen LogP contribution < -0.4 is 20.9 Å². The van der Waals surface area contributed by atoms with E-state index in [9.17, 15) is 9.59 Å². The van der Waals surface area contributed by atoms with E-state index in [4.69, 9.17) is 10.1 Å². The quantitative estimate of drug-likeness (QED) is 0.434. The lowest BCUT2D eigenvalue weighted by Gasteiger charge is -2.25. The molecule has 10 heteroatoms. The number of carbonyl (C=O) groups is 1. The lowest BCUT2D eigenvalue weighted by atomic mass is 10.2. The van der Waals surface area contributed by atoms with Crippen LogP contribution in [0.3, 0.4) is 0 Å². The molecule has 0 unspecified atom stereocenters. The molecule has 0 atom stereocenters. The van der Waals surface area contributed by atoms with E-state index >= 15 is 0 Å². The van der Waals surface area contributed by atoms with Crippen molar-refractivity contribution in [2.75, 3.05) is 26.3 Å². The topological polar surface area (TPSA) is 109 Å². The first kappa shape index (κ1) is 23.0. The number of fused-ring (bicyclic) bond motifs is 1. The van der Waals surface area contributed by atoms with E-state index in [-0.39, 0.29) is 16.6 Å². The summed E-state index contributed by atoms with van der Waals surface area (Å²) in [6.45, 7) is 6.90. The second kappa shape index (κ2) is 9.47. The van der Waals surface area contributed by atoms with Gasteiger partial charge in [0.15, 0.2) is 5.49 Å². The summed E-state index contributed by atoms with van der Waals surface area (Å²) in [6, 6.07) is 12.2. The van der Waals surface area contributed by atoms with Gasteiger partial charge in [-0.2, -0.15) is 4.98 Å². The number of ether oxygens (including phenoxy) is 1. The molecule has 2 N–H and O–H groups in total. The largest absolute Gasteiger partial charge is 0.378 e. The summed E-state index contributed by atoms with van der Waals surface area (Å²) in [4.78, 5) is 31.3. The van der Waals surface area contributed by atoms with Crippen molar-refractivity contribution in [1.29, 1.82) is 5.41 Å². The van der Waals surface area contributed by atoms with Crippen LogP contribution in [-0.2, 0) is 16.1 Å². The van der Waals surface area contributed by atoms with Crippen molar-refractivity contribution in [3.63, 3.8) is 0 Å². The molecule has 0 saturated carbocycles. The third-order valence-corrected chi connectivity index (χ3v) is 7.08. The second-order valence-electron chi connectivity index (χ2n) is 8.50. The minimum atomic E-state index is -0.468. The van der Waals surface area contributed by atoms with Gasteiger partial charge in [0.05, 0.1) is 18.4 Å². The Hall–Kier alpha value is -3.76. The van der Waals surface area contributed by atoms with Gasteiger partial charge in [0, 0.05) is 37.1 Å². The molecule has 1 saturated heterocycles. The van der Waals surface area contributed by atoms with Crippen LogP contribution in [0.4, 0.5) is 0 Å². The van der Waals surface area contributed by atoms with Crippen molar-refractivity contribution in [3.05, 3.63) is 84.6 Å². The zero-order valence-electron chi connectivity index (χ0n) is 19.6. The molecule has 4 heterocycles. The van der Waals surface area contributed by atoms with Crippen LogP contribution in [0.2, 0.25) is 0 Å². The highest BCUT2D eigenvalue weighted by atomic mass is 32.1. The number of hydrogen-bond donors (Lipinski definition) is 2. The van der Waals surface area contributed by atoms with Crippen molar-refractivity contribution >= 4 is 29.4 Å². The Bertz CT molecular complexity index is 1590. The monoisotopic (exact) mass is 490 g/mol. The highest BCUT2D eigenvalue weighted by Gasteiger charge is 2.16. The van der Waals surface area contributed by atoms with Crippen molar-refractivity contribution in [3.8, 4) is 5.13 Å². The van der Waals surface area contributed by atoms with E-state index in [0.29, 0.717) is 36.1 Å². The first-order valence-electron chi connectivity index (χ1n) is 11.4. The highest BCUT2D eigenvalue weighted by molar-refractivity contribution is 7.11. The zero-order valence-corrected chi connectivity index (χ0v) is 20.4. The van der Waals surface area contributed by atoms with Gasteiger partial charge in [-0.25, -0.2) is 4.68 Å². The Morgan fingerprint density at radius 3 is 2.71 bits per heavy atom. The molecule has 1 aromatic heterocycles. The van der Waals surface area contributed by atoms with Gasteiger partial charge in [0.1, 0.15) is 4.66 Å². The molecule has 1 amide bonds. The van der Waals surface area contributed by atoms with Gasteiger partial charge in [0.25, 0.3) is 5.56 Å². The van der Waals surface area contributed by atoms with Crippen LogP contribution in [0.25, 0.3) is 17.3 Å². The van der Waals surface area contributed by atoms with Crippen LogP contribution in [0, 0.1) is 19.3 Å². The molecule has 0 radical (unpaired) electrons. The molecule has 3 aliphatic heterocycles. The first-order chi connectivity index (χ1) is 16.9. The van der Waals surface area contributed by atoms with Crippen molar-refractivity contribution in [2.45, 2.75) is 20.4 Å². The van der Waals surface area contributed by atoms with Gasteiger partial charge >= 0.3 is 0 Å². The minimum Gasteiger partial charge on any atom is -0.378 e. The van der Waals surface area contributed by atoms with Crippen molar-refractivity contribution < 1.29 is 9.53 Å². The molecular weight excluding hydrogens is 464 g/mol. The number of nitrogens with zero attached hydrogens (tertiary/aromatic N) is 4. The molecule has 3 aliphatic rings. The molecule has 1 fully saturated rings. The Morgan fingerprint density at radius 1 is 1.23 bits per heavy atom. The predicted molar refractivity (Wildman–Crippen MR) is 133 cm³/mol.